The first kappa shape index (κ1) is 21.3. The average molecular weight is 436 g/mol. The van der Waals surface area contributed by atoms with Gasteiger partial charge < -0.3 is 19.9 Å². The number of anilines is 1. The smallest absolute Gasteiger partial charge is 0.322 e. The summed E-state index contributed by atoms with van der Waals surface area (Å²) >= 11 is 0. The van der Waals surface area contributed by atoms with E-state index in [4.69, 9.17) is 4.74 Å². The number of nitrogens with one attached hydrogen (secondary N) is 2. The van der Waals surface area contributed by atoms with Gasteiger partial charge in [0.15, 0.2) is 11.6 Å². The van der Waals surface area contributed by atoms with Crippen molar-refractivity contribution in [2.45, 2.75) is 44.2 Å². The summed E-state index contributed by atoms with van der Waals surface area (Å²) in [6.07, 6.45) is 2.13. The van der Waals surface area contributed by atoms with Gasteiger partial charge in [-0.25, -0.2) is 9.18 Å². The van der Waals surface area contributed by atoms with Crippen LogP contribution in [0.15, 0.2) is 12.1 Å². The minimum absolute atomic E-state index is 0.0749. The summed E-state index contributed by atoms with van der Waals surface area (Å²) in [6.45, 7) is 3.18. The molecule has 1 saturated carbocycles. The van der Waals surface area contributed by atoms with Crippen LogP contribution in [0, 0.1) is 17.6 Å². The summed E-state index contributed by atoms with van der Waals surface area (Å²) in [4.78, 5) is 40.5. The van der Waals surface area contributed by atoms with Gasteiger partial charge in [-0.15, -0.1) is 0 Å². The van der Waals surface area contributed by atoms with E-state index in [0.29, 0.717) is 25.3 Å². The van der Waals surface area contributed by atoms with E-state index in [1.807, 2.05) is 11.8 Å². The van der Waals surface area contributed by atoms with Crippen molar-refractivity contribution in [1.82, 2.24) is 15.5 Å². The van der Waals surface area contributed by atoms with Crippen molar-refractivity contribution in [3.8, 4) is 5.75 Å². The minimum atomic E-state index is -1.03. The minimum Gasteiger partial charge on any atom is -0.493 e. The van der Waals surface area contributed by atoms with Crippen LogP contribution in [-0.2, 0) is 9.59 Å². The summed E-state index contributed by atoms with van der Waals surface area (Å²) in [6, 6.07) is 1.95. The van der Waals surface area contributed by atoms with E-state index in [1.165, 1.54) is 13.2 Å². The third-order valence-corrected chi connectivity index (χ3v) is 6.49. The Morgan fingerprint density at radius 2 is 2.00 bits per heavy atom. The maximum absolute atomic E-state index is 13.9. The highest BCUT2D eigenvalue weighted by molar-refractivity contribution is 6.07. The lowest BCUT2D eigenvalue weighted by Gasteiger charge is -2.41. The molecule has 10 heteroatoms. The molecule has 2 heterocycles. The van der Waals surface area contributed by atoms with E-state index in [2.05, 4.69) is 10.6 Å². The predicted octanol–water partition coefficient (Wildman–Crippen LogP) is 1.78. The van der Waals surface area contributed by atoms with Crippen molar-refractivity contribution < 1.29 is 27.9 Å². The van der Waals surface area contributed by atoms with Crippen LogP contribution in [0.25, 0.3) is 0 Å². The molecule has 3 aliphatic rings. The maximum Gasteiger partial charge on any atom is 0.322 e. The number of ether oxygens (including phenoxy) is 1. The number of imide groups is 1. The van der Waals surface area contributed by atoms with Crippen LogP contribution in [0.2, 0.25) is 0 Å². The monoisotopic (exact) mass is 436 g/mol. The second-order valence-electron chi connectivity index (χ2n) is 8.48. The molecule has 0 aromatic heterocycles. The first-order chi connectivity index (χ1) is 14.7. The Bertz CT molecular complexity index is 923. The number of carbonyl (C=O) groups excluding carboxylic acids is 3. The molecular weight excluding hydrogens is 410 g/mol. The number of nitrogens with zero attached hydrogens (tertiary/aromatic N) is 2. The maximum atomic E-state index is 13.9. The zero-order chi connectivity index (χ0) is 22.3. The van der Waals surface area contributed by atoms with Gasteiger partial charge in [-0.05, 0) is 32.1 Å². The molecule has 4 amide bonds. The van der Waals surface area contributed by atoms with Gasteiger partial charge in [0, 0.05) is 49.9 Å². The number of methoxy groups -OCH3 is 1. The van der Waals surface area contributed by atoms with Crippen molar-refractivity contribution >= 4 is 23.5 Å². The molecule has 3 fully saturated rings. The van der Waals surface area contributed by atoms with Gasteiger partial charge >= 0.3 is 6.03 Å². The van der Waals surface area contributed by atoms with Crippen LogP contribution in [-0.4, -0.2) is 61.1 Å². The highest BCUT2D eigenvalue weighted by Gasteiger charge is 2.55. The highest BCUT2D eigenvalue weighted by Crippen LogP contribution is 2.43. The highest BCUT2D eigenvalue weighted by atomic mass is 19.2. The van der Waals surface area contributed by atoms with Crippen LogP contribution in [0.1, 0.15) is 32.6 Å². The van der Waals surface area contributed by atoms with Crippen LogP contribution in [0.4, 0.5) is 19.3 Å². The van der Waals surface area contributed by atoms with Crippen molar-refractivity contribution in [3.63, 3.8) is 0 Å². The van der Waals surface area contributed by atoms with Gasteiger partial charge in [-0.3, -0.25) is 14.9 Å². The van der Waals surface area contributed by atoms with E-state index in [1.54, 1.807) is 4.90 Å². The largest absolute Gasteiger partial charge is 0.493 e. The first-order valence-corrected chi connectivity index (χ1v) is 10.5. The first-order valence-electron chi connectivity index (χ1n) is 10.5. The van der Waals surface area contributed by atoms with E-state index in [9.17, 15) is 23.2 Å². The molecule has 0 bridgehead atoms. The molecule has 8 nitrogen and oxygen atoms in total. The Labute approximate surface area is 178 Å². The summed E-state index contributed by atoms with van der Waals surface area (Å²) in [5, 5.41) is 5.03. The number of amides is 4. The summed E-state index contributed by atoms with van der Waals surface area (Å²) in [5.41, 5.74) is -0.490. The van der Waals surface area contributed by atoms with Crippen molar-refractivity contribution in [2.75, 3.05) is 31.6 Å². The van der Waals surface area contributed by atoms with Crippen molar-refractivity contribution in [2.24, 2.45) is 5.92 Å². The number of hydrogen-bond donors (Lipinski definition) is 2. The number of hydrogen-bond acceptors (Lipinski definition) is 5. The Kier molecular flexibility index (Phi) is 5.49. The summed E-state index contributed by atoms with van der Waals surface area (Å²) in [7, 11) is 1.28. The average Bonchev–Trinajstić information content (AvgIpc) is 3.54. The zero-order valence-electron chi connectivity index (χ0n) is 17.5. The second kappa shape index (κ2) is 7.97. The molecular formula is C21H26F2N4O4. The quantitative estimate of drug-likeness (QED) is 0.664. The molecule has 4 rings (SSSR count). The summed E-state index contributed by atoms with van der Waals surface area (Å²) in [5.74, 6) is -2.54. The standard InChI is InChI=1S/C21H26F2N4O4/c1-12-11-26(7-8-27(12)14-9-15(22)18(23)16(10-14)31-2)17(28)5-6-21(13-3-4-13)19(29)24-20(30)25-21/h9-10,12-13H,3-8,11H2,1-2H3,(H2,24,25,29,30)/t12-,21-/m0/s1. The van der Waals surface area contributed by atoms with Crippen molar-refractivity contribution in [1.29, 1.82) is 0 Å². The normalized spacial score (nSPS) is 26.0. The molecule has 0 radical (unpaired) electrons. The molecule has 0 spiro atoms. The molecule has 31 heavy (non-hydrogen) atoms. The number of benzene rings is 1. The Hall–Kier alpha value is -2.91. The van der Waals surface area contributed by atoms with Gasteiger partial charge in [-0.1, -0.05) is 0 Å². The van der Waals surface area contributed by atoms with E-state index >= 15 is 0 Å². The molecule has 2 N–H and O–H groups in total. The Morgan fingerprint density at radius 3 is 2.58 bits per heavy atom. The van der Waals surface area contributed by atoms with Gasteiger partial charge in [0.05, 0.1) is 7.11 Å². The molecule has 1 aliphatic carbocycles. The number of halogens is 2. The van der Waals surface area contributed by atoms with Gasteiger partial charge in [-0.2, -0.15) is 4.39 Å². The fraction of sp³-hybridized carbons (Fsp3) is 0.571. The van der Waals surface area contributed by atoms with Crippen LogP contribution < -0.4 is 20.3 Å². The Morgan fingerprint density at radius 1 is 1.26 bits per heavy atom. The molecule has 2 saturated heterocycles. The molecule has 0 unspecified atom stereocenters. The molecule has 168 valence electrons. The van der Waals surface area contributed by atoms with E-state index in [0.717, 1.165) is 18.9 Å². The van der Waals surface area contributed by atoms with E-state index in [-0.39, 0.29) is 42.4 Å². The fourth-order valence-electron chi connectivity index (χ4n) is 4.64. The van der Waals surface area contributed by atoms with E-state index < -0.39 is 23.2 Å². The van der Waals surface area contributed by atoms with Gasteiger partial charge in [0.2, 0.25) is 11.7 Å². The third-order valence-electron chi connectivity index (χ3n) is 6.49. The predicted molar refractivity (Wildman–Crippen MR) is 108 cm³/mol. The Balaban J connectivity index is 1.39. The fourth-order valence-corrected chi connectivity index (χ4v) is 4.64. The summed E-state index contributed by atoms with van der Waals surface area (Å²) < 4.78 is 32.6. The lowest BCUT2D eigenvalue weighted by molar-refractivity contribution is -0.133. The van der Waals surface area contributed by atoms with Crippen LogP contribution in [0.3, 0.4) is 0 Å². The molecule has 1 aromatic carbocycles. The van der Waals surface area contributed by atoms with Gasteiger partial charge in [0.1, 0.15) is 5.54 Å². The van der Waals surface area contributed by atoms with Crippen molar-refractivity contribution in [3.05, 3.63) is 23.8 Å². The molecule has 2 atom stereocenters. The number of rotatable bonds is 6. The number of carbonyl (C=O) groups is 3. The third kappa shape index (κ3) is 3.90. The number of urea groups is 1. The lowest BCUT2D eigenvalue weighted by Crippen LogP contribution is -2.54. The topological polar surface area (TPSA) is 91.0 Å². The van der Waals surface area contributed by atoms with Crippen LogP contribution >= 0.6 is 0 Å². The molecule has 1 aromatic rings. The zero-order valence-corrected chi connectivity index (χ0v) is 17.5. The lowest BCUT2D eigenvalue weighted by atomic mass is 9.87. The second-order valence-corrected chi connectivity index (χ2v) is 8.48. The molecule has 2 aliphatic heterocycles. The SMILES string of the molecule is COc1cc(N2CCN(C(=O)CC[C@@]3(C4CC4)NC(=O)NC3=O)C[C@@H]2C)cc(F)c1F. The van der Waals surface area contributed by atoms with Crippen LogP contribution in [0.5, 0.6) is 5.75 Å². The number of piperazine rings is 1. The van der Waals surface area contributed by atoms with Gasteiger partial charge in [0.25, 0.3) is 5.91 Å².